The highest BCUT2D eigenvalue weighted by Gasteiger charge is 2.11. The van der Waals surface area contributed by atoms with Crippen LogP contribution in [0.3, 0.4) is 0 Å². The van der Waals surface area contributed by atoms with Gasteiger partial charge in [-0.3, -0.25) is 4.90 Å². The highest BCUT2D eigenvalue weighted by Crippen LogP contribution is 2.21. The molecule has 0 aliphatic heterocycles. The average Bonchev–Trinajstić information content (AvgIpc) is 2.88. The lowest BCUT2D eigenvalue weighted by atomic mass is 10.1. The number of aryl methyl sites for hydroxylation is 1. The summed E-state index contributed by atoms with van der Waals surface area (Å²) >= 11 is 7.92. The summed E-state index contributed by atoms with van der Waals surface area (Å²) < 4.78 is 0. The van der Waals surface area contributed by atoms with E-state index in [1.807, 2.05) is 29.5 Å². The molecule has 21 heavy (non-hydrogen) atoms. The van der Waals surface area contributed by atoms with Gasteiger partial charge < -0.3 is 5.32 Å². The molecular weight excluding hydrogens is 300 g/mol. The van der Waals surface area contributed by atoms with Gasteiger partial charge in [0.05, 0.1) is 0 Å². The van der Waals surface area contributed by atoms with E-state index >= 15 is 0 Å². The second kappa shape index (κ2) is 7.95. The van der Waals surface area contributed by atoms with E-state index in [0.29, 0.717) is 6.04 Å². The Morgan fingerprint density at radius 2 is 2.10 bits per heavy atom. The van der Waals surface area contributed by atoms with Gasteiger partial charge in [-0.1, -0.05) is 23.7 Å². The lowest BCUT2D eigenvalue weighted by Gasteiger charge is -2.25. The van der Waals surface area contributed by atoms with Gasteiger partial charge in [-0.2, -0.15) is 0 Å². The summed E-state index contributed by atoms with van der Waals surface area (Å²) in [6.07, 6.45) is 0. The van der Waals surface area contributed by atoms with Crippen molar-refractivity contribution in [2.24, 2.45) is 0 Å². The van der Waals surface area contributed by atoms with Gasteiger partial charge in [-0.05, 0) is 50.7 Å². The van der Waals surface area contributed by atoms with Crippen LogP contribution in [0.15, 0.2) is 36.4 Å². The molecule has 0 saturated carbocycles. The molecule has 0 radical (unpaired) electrons. The molecule has 2 aromatic rings. The fourth-order valence-corrected chi connectivity index (χ4v) is 3.32. The van der Waals surface area contributed by atoms with E-state index in [4.69, 9.17) is 11.6 Å². The van der Waals surface area contributed by atoms with Crippen molar-refractivity contribution in [3.63, 3.8) is 0 Å². The summed E-state index contributed by atoms with van der Waals surface area (Å²) in [5.74, 6) is 0. The van der Waals surface area contributed by atoms with Crippen LogP contribution in [-0.4, -0.2) is 25.0 Å². The number of halogens is 1. The summed E-state index contributed by atoms with van der Waals surface area (Å²) in [6, 6.07) is 12.9. The zero-order valence-corrected chi connectivity index (χ0v) is 14.5. The van der Waals surface area contributed by atoms with Crippen LogP contribution in [0.5, 0.6) is 0 Å². The molecule has 4 heteroatoms. The fraction of sp³-hybridized carbons (Fsp3) is 0.412. The molecule has 0 amide bonds. The van der Waals surface area contributed by atoms with Crippen molar-refractivity contribution in [3.8, 4) is 0 Å². The lowest BCUT2D eigenvalue weighted by molar-refractivity contribution is 0.261. The second-order valence-corrected chi connectivity index (χ2v) is 7.21. The van der Waals surface area contributed by atoms with Gasteiger partial charge in [0.25, 0.3) is 0 Å². The van der Waals surface area contributed by atoms with Gasteiger partial charge in [0, 0.05) is 40.5 Å². The van der Waals surface area contributed by atoms with Crippen LogP contribution in [0.25, 0.3) is 0 Å². The van der Waals surface area contributed by atoms with Crippen LogP contribution in [-0.2, 0) is 6.54 Å². The Morgan fingerprint density at radius 3 is 2.76 bits per heavy atom. The summed E-state index contributed by atoms with van der Waals surface area (Å²) in [5.41, 5.74) is 1.26. The van der Waals surface area contributed by atoms with Crippen molar-refractivity contribution < 1.29 is 0 Å². The molecule has 0 spiro atoms. The number of nitrogens with one attached hydrogen (secondary N) is 1. The zero-order chi connectivity index (χ0) is 15.2. The molecule has 2 nitrogen and oxygen atoms in total. The topological polar surface area (TPSA) is 15.3 Å². The maximum Gasteiger partial charge on any atom is 0.0409 e. The van der Waals surface area contributed by atoms with Gasteiger partial charge in [0.1, 0.15) is 0 Å². The molecule has 0 fully saturated rings. The van der Waals surface area contributed by atoms with Gasteiger partial charge in [0.2, 0.25) is 0 Å². The van der Waals surface area contributed by atoms with Crippen molar-refractivity contribution in [1.29, 1.82) is 0 Å². The second-order valence-electron chi connectivity index (χ2n) is 5.40. The molecule has 1 N–H and O–H groups in total. The van der Waals surface area contributed by atoms with E-state index < -0.39 is 0 Å². The lowest BCUT2D eigenvalue weighted by Crippen LogP contribution is -2.30. The van der Waals surface area contributed by atoms with E-state index in [-0.39, 0.29) is 0 Å². The molecule has 1 unspecified atom stereocenters. The Balaban J connectivity index is 1.75. The number of hydrogen-bond donors (Lipinski definition) is 1. The normalized spacial score (nSPS) is 12.8. The van der Waals surface area contributed by atoms with E-state index in [2.05, 4.69) is 49.3 Å². The van der Waals surface area contributed by atoms with Gasteiger partial charge in [0.15, 0.2) is 0 Å². The quantitative estimate of drug-likeness (QED) is 0.755. The number of nitrogens with zero attached hydrogens (tertiary/aromatic N) is 1. The molecule has 1 aromatic carbocycles. The highest BCUT2D eigenvalue weighted by molar-refractivity contribution is 7.11. The third-order valence-corrected chi connectivity index (χ3v) is 4.96. The minimum absolute atomic E-state index is 0.370. The van der Waals surface area contributed by atoms with E-state index in [9.17, 15) is 0 Å². The minimum Gasteiger partial charge on any atom is -0.311 e. The van der Waals surface area contributed by atoms with Crippen LogP contribution in [0.1, 0.15) is 28.3 Å². The van der Waals surface area contributed by atoms with Gasteiger partial charge in [-0.25, -0.2) is 0 Å². The van der Waals surface area contributed by atoms with Crippen LogP contribution >= 0.6 is 22.9 Å². The van der Waals surface area contributed by atoms with Crippen molar-refractivity contribution in [3.05, 3.63) is 56.7 Å². The highest BCUT2D eigenvalue weighted by atomic mass is 35.5. The van der Waals surface area contributed by atoms with Crippen LogP contribution < -0.4 is 5.32 Å². The molecule has 0 bridgehead atoms. The monoisotopic (exact) mass is 322 g/mol. The van der Waals surface area contributed by atoms with Crippen LogP contribution in [0.2, 0.25) is 5.02 Å². The molecule has 1 aromatic heterocycles. The molecule has 114 valence electrons. The summed E-state index contributed by atoms with van der Waals surface area (Å²) in [5, 5.41) is 4.31. The molecular formula is C17H23ClN2S. The first-order valence-electron chi connectivity index (χ1n) is 7.28. The first-order valence-corrected chi connectivity index (χ1v) is 8.47. The summed E-state index contributed by atoms with van der Waals surface area (Å²) in [4.78, 5) is 5.12. The Bertz CT molecular complexity index is 567. The van der Waals surface area contributed by atoms with Crippen molar-refractivity contribution >= 4 is 22.9 Å². The summed E-state index contributed by atoms with van der Waals surface area (Å²) in [6.45, 7) is 7.32. The molecule has 2 rings (SSSR count). The standard InChI is InChI=1S/C17H23ClN2S/c1-13-7-8-17(21-13)12-19-9-10-20(3)14(2)15-5-4-6-16(18)11-15/h4-8,11,14,19H,9-10,12H2,1-3H3. The Kier molecular flexibility index (Phi) is 6.24. The van der Waals surface area contributed by atoms with Gasteiger partial charge >= 0.3 is 0 Å². The van der Waals surface area contributed by atoms with Crippen molar-refractivity contribution in [1.82, 2.24) is 10.2 Å². The Morgan fingerprint density at radius 1 is 1.29 bits per heavy atom. The Labute approximate surface area is 136 Å². The largest absolute Gasteiger partial charge is 0.311 e. The summed E-state index contributed by atoms with van der Waals surface area (Å²) in [7, 11) is 2.16. The molecule has 0 saturated heterocycles. The molecule has 1 heterocycles. The van der Waals surface area contributed by atoms with Crippen LogP contribution in [0.4, 0.5) is 0 Å². The predicted molar refractivity (Wildman–Crippen MR) is 93.3 cm³/mol. The van der Waals surface area contributed by atoms with Crippen LogP contribution in [0, 0.1) is 6.92 Å². The third kappa shape index (κ3) is 5.11. The smallest absolute Gasteiger partial charge is 0.0409 e. The van der Waals surface area contributed by atoms with Crippen molar-refractivity contribution in [2.75, 3.05) is 20.1 Å². The van der Waals surface area contributed by atoms with Crippen molar-refractivity contribution in [2.45, 2.75) is 26.4 Å². The molecule has 0 aliphatic rings. The number of likely N-dealkylation sites (N-methyl/N-ethyl adjacent to an activating group) is 1. The minimum atomic E-state index is 0.370. The Hall–Kier alpha value is -0.870. The number of benzene rings is 1. The van der Waals surface area contributed by atoms with E-state index in [1.165, 1.54) is 15.3 Å². The maximum atomic E-state index is 6.06. The number of hydrogen-bond acceptors (Lipinski definition) is 3. The predicted octanol–water partition coefficient (Wildman–Crippen LogP) is 4.49. The van der Waals surface area contributed by atoms with E-state index in [1.54, 1.807) is 0 Å². The first-order chi connectivity index (χ1) is 10.1. The molecule has 1 atom stereocenters. The maximum absolute atomic E-state index is 6.06. The zero-order valence-electron chi connectivity index (χ0n) is 12.9. The number of thiophene rings is 1. The average molecular weight is 323 g/mol. The van der Waals surface area contributed by atoms with E-state index in [0.717, 1.165) is 24.7 Å². The molecule has 0 aliphatic carbocycles. The number of rotatable bonds is 7. The van der Waals surface area contributed by atoms with Gasteiger partial charge in [-0.15, -0.1) is 11.3 Å². The third-order valence-electron chi connectivity index (χ3n) is 3.73. The SMILES string of the molecule is Cc1ccc(CNCCN(C)C(C)c2cccc(Cl)c2)s1. The first kappa shape index (κ1) is 16.5. The fourth-order valence-electron chi connectivity index (χ4n) is 2.26.